The number of nitrogens with zero attached hydrogens (tertiary/aromatic N) is 1. The molecule has 7 heteroatoms. The molecule has 1 aromatic rings. The van der Waals surface area contributed by atoms with Gasteiger partial charge in [-0.3, -0.25) is 0 Å². The molecule has 0 radical (unpaired) electrons. The van der Waals surface area contributed by atoms with Crippen molar-refractivity contribution in [1.82, 2.24) is 0 Å². The van der Waals surface area contributed by atoms with E-state index in [2.05, 4.69) is 4.99 Å². The average Bonchev–Trinajstić information content (AvgIpc) is 2.28. The Morgan fingerprint density at radius 2 is 2.12 bits per heavy atom. The summed E-state index contributed by atoms with van der Waals surface area (Å²) in [6.07, 6.45) is -4.53. The standard InChI is InChI=1S/C10H10ClF3N2O/c1-17-6-2-3-8(16-9(15)5-11)7(4-6)10(12,13)14/h2-4H,5H2,1H3,(H2,15,16). The molecular weight excluding hydrogens is 257 g/mol. The lowest BCUT2D eigenvalue weighted by atomic mass is 10.1. The molecule has 0 heterocycles. The third-order valence-electron chi connectivity index (χ3n) is 1.91. The zero-order valence-corrected chi connectivity index (χ0v) is 9.64. The predicted molar refractivity (Wildman–Crippen MR) is 60.0 cm³/mol. The minimum Gasteiger partial charge on any atom is -0.497 e. The van der Waals surface area contributed by atoms with Crippen LogP contribution >= 0.6 is 11.6 Å². The lowest BCUT2D eigenvalue weighted by Gasteiger charge is -2.11. The Balaban J connectivity index is 3.30. The maximum atomic E-state index is 12.7. The van der Waals surface area contributed by atoms with Crippen LogP contribution in [0.1, 0.15) is 5.56 Å². The van der Waals surface area contributed by atoms with Crippen LogP contribution < -0.4 is 10.5 Å². The molecule has 0 saturated heterocycles. The fourth-order valence-electron chi connectivity index (χ4n) is 1.15. The molecule has 0 aliphatic heterocycles. The SMILES string of the molecule is COc1ccc(N=C(N)CCl)c(C(F)(F)F)c1. The maximum absolute atomic E-state index is 12.7. The Kier molecular flexibility index (Phi) is 4.22. The van der Waals surface area contributed by atoms with Gasteiger partial charge < -0.3 is 10.5 Å². The number of rotatable bonds is 3. The number of halogens is 4. The normalized spacial score (nSPS) is 12.6. The van der Waals surface area contributed by atoms with Gasteiger partial charge in [0.1, 0.15) is 11.6 Å². The third kappa shape index (κ3) is 3.52. The van der Waals surface area contributed by atoms with Crippen molar-refractivity contribution in [2.45, 2.75) is 6.18 Å². The highest BCUT2D eigenvalue weighted by molar-refractivity contribution is 6.28. The van der Waals surface area contributed by atoms with Crippen LogP contribution in [0.4, 0.5) is 18.9 Å². The monoisotopic (exact) mass is 266 g/mol. The van der Waals surface area contributed by atoms with Gasteiger partial charge in [-0.1, -0.05) is 0 Å². The summed E-state index contributed by atoms with van der Waals surface area (Å²) in [5.41, 5.74) is 4.11. The lowest BCUT2D eigenvalue weighted by molar-refractivity contribution is -0.137. The Labute approximate surface area is 101 Å². The van der Waals surface area contributed by atoms with E-state index in [9.17, 15) is 13.2 Å². The molecule has 17 heavy (non-hydrogen) atoms. The lowest BCUT2D eigenvalue weighted by Crippen LogP contribution is -2.13. The molecule has 0 aromatic heterocycles. The zero-order chi connectivity index (χ0) is 13.1. The first kappa shape index (κ1) is 13.6. The first-order chi connectivity index (χ1) is 7.88. The Morgan fingerprint density at radius 1 is 1.47 bits per heavy atom. The molecule has 1 aromatic carbocycles. The summed E-state index contributed by atoms with van der Waals surface area (Å²) in [5.74, 6) is -0.119. The number of alkyl halides is 4. The summed E-state index contributed by atoms with van der Waals surface area (Å²) in [4.78, 5) is 3.61. The summed E-state index contributed by atoms with van der Waals surface area (Å²) in [5, 5.41) is 0. The topological polar surface area (TPSA) is 47.6 Å². The van der Waals surface area contributed by atoms with Crippen LogP contribution in [0.2, 0.25) is 0 Å². The molecule has 1 rings (SSSR count). The molecular formula is C10H10ClF3N2O. The second-order valence-corrected chi connectivity index (χ2v) is 3.38. The second kappa shape index (κ2) is 5.27. The molecule has 0 spiro atoms. The van der Waals surface area contributed by atoms with Crippen LogP contribution in [-0.4, -0.2) is 18.8 Å². The molecule has 3 nitrogen and oxygen atoms in total. The van der Waals surface area contributed by atoms with E-state index in [4.69, 9.17) is 22.1 Å². The number of amidine groups is 1. The van der Waals surface area contributed by atoms with Gasteiger partial charge in [0.2, 0.25) is 0 Å². The number of ether oxygens (including phenoxy) is 1. The molecule has 0 atom stereocenters. The highest BCUT2D eigenvalue weighted by Gasteiger charge is 2.34. The molecule has 0 saturated carbocycles. The van der Waals surface area contributed by atoms with Crippen molar-refractivity contribution in [3.63, 3.8) is 0 Å². The zero-order valence-electron chi connectivity index (χ0n) is 8.88. The Morgan fingerprint density at radius 3 is 2.59 bits per heavy atom. The van der Waals surface area contributed by atoms with Gasteiger partial charge in [-0.05, 0) is 18.2 Å². The molecule has 2 N–H and O–H groups in total. The number of methoxy groups -OCH3 is 1. The quantitative estimate of drug-likeness (QED) is 0.519. The van der Waals surface area contributed by atoms with Crippen molar-refractivity contribution < 1.29 is 17.9 Å². The van der Waals surface area contributed by atoms with Crippen molar-refractivity contribution in [2.24, 2.45) is 10.7 Å². The summed E-state index contributed by atoms with van der Waals surface area (Å²) < 4.78 is 42.9. The van der Waals surface area contributed by atoms with E-state index in [-0.39, 0.29) is 23.2 Å². The second-order valence-electron chi connectivity index (χ2n) is 3.12. The summed E-state index contributed by atoms with van der Waals surface area (Å²) in [6, 6.07) is 3.41. The molecule has 0 aliphatic carbocycles. The summed E-state index contributed by atoms with van der Waals surface area (Å²) in [7, 11) is 1.28. The number of hydrogen-bond acceptors (Lipinski definition) is 2. The van der Waals surface area contributed by atoms with E-state index in [0.29, 0.717) is 0 Å². The van der Waals surface area contributed by atoms with Crippen LogP contribution in [0.5, 0.6) is 5.75 Å². The van der Waals surface area contributed by atoms with Crippen molar-refractivity contribution >= 4 is 23.1 Å². The van der Waals surface area contributed by atoms with Gasteiger partial charge in [0.15, 0.2) is 0 Å². The van der Waals surface area contributed by atoms with E-state index >= 15 is 0 Å². The van der Waals surface area contributed by atoms with E-state index in [1.165, 1.54) is 19.2 Å². The van der Waals surface area contributed by atoms with Crippen LogP contribution in [0, 0.1) is 0 Å². The van der Waals surface area contributed by atoms with E-state index in [0.717, 1.165) is 6.07 Å². The fourth-order valence-corrected chi connectivity index (χ4v) is 1.21. The molecule has 0 unspecified atom stereocenters. The molecule has 94 valence electrons. The van der Waals surface area contributed by atoms with Crippen LogP contribution in [0.3, 0.4) is 0 Å². The van der Waals surface area contributed by atoms with Gasteiger partial charge in [-0.2, -0.15) is 13.2 Å². The largest absolute Gasteiger partial charge is 0.497 e. The van der Waals surface area contributed by atoms with Gasteiger partial charge in [-0.25, -0.2) is 4.99 Å². The van der Waals surface area contributed by atoms with E-state index in [1.807, 2.05) is 0 Å². The van der Waals surface area contributed by atoms with E-state index < -0.39 is 11.7 Å². The summed E-state index contributed by atoms with van der Waals surface area (Å²) in [6.45, 7) is 0. The molecule has 0 aliphatic rings. The number of benzene rings is 1. The molecule has 0 amide bonds. The van der Waals surface area contributed by atoms with Crippen LogP contribution in [0.15, 0.2) is 23.2 Å². The predicted octanol–water partition coefficient (Wildman–Crippen LogP) is 2.94. The maximum Gasteiger partial charge on any atom is 0.418 e. The molecule has 0 fully saturated rings. The Hall–Kier alpha value is -1.43. The van der Waals surface area contributed by atoms with Gasteiger partial charge in [-0.15, -0.1) is 11.6 Å². The number of hydrogen-bond donors (Lipinski definition) is 1. The molecule has 0 bridgehead atoms. The Bertz CT molecular complexity index is 432. The first-order valence-electron chi connectivity index (χ1n) is 4.52. The van der Waals surface area contributed by atoms with Crippen molar-refractivity contribution in [3.05, 3.63) is 23.8 Å². The van der Waals surface area contributed by atoms with Crippen molar-refractivity contribution in [3.8, 4) is 5.75 Å². The highest BCUT2D eigenvalue weighted by Crippen LogP contribution is 2.38. The van der Waals surface area contributed by atoms with Gasteiger partial charge in [0.25, 0.3) is 0 Å². The van der Waals surface area contributed by atoms with Gasteiger partial charge in [0, 0.05) is 0 Å². The average molecular weight is 267 g/mol. The number of nitrogens with two attached hydrogens (primary N) is 1. The third-order valence-corrected chi connectivity index (χ3v) is 2.18. The minimum atomic E-state index is -4.53. The van der Waals surface area contributed by atoms with Crippen molar-refractivity contribution in [1.29, 1.82) is 0 Å². The fraction of sp³-hybridized carbons (Fsp3) is 0.300. The van der Waals surface area contributed by atoms with Crippen LogP contribution in [0.25, 0.3) is 0 Å². The van der Waals surface area contributed by atoms with Gasteiger partial charge in [0.05, 0.1) is 24.2 Å². The summed E-state index contributed by atoms with van der Waals surface area (Å²) >= 11 is 5.37. The van der Waals surface area contributed by atoms with Gasteiger partial charge >= 0.3 is 6.18 Å². The van der Waals surface area contributed by atoms with E-state index in [1.54, 1.807) is 0 Å². The highest BCUT2D eigenvalue weighted by atomic mass is 35.5. The van der Waals surface area contributed by atoms with Crippen molar-refractivity contribution in [2.75, 3.05) is 13.0 Å². The smallest absolute Gasteiger partial charge is 0.418 e. The first-order valence-corrected chi connectivity index (χ1v) is 5.06. The number of aliphatic imine (C=N–C) groups is 1. The minimum absolute atomic E-state index is 0.0812. The van der Waals surface area contributed by atoms with Crippen LogP contribution in [-0.2, 0) is 6.18 Å².